The van der Waals surface area contributed by atoms with Crippen LogP contribution >= 0.6 is 0 Å². The normalized spacial score (nSPS) is 11.0. The van der Waals surface area contributed by atoms with Gasteiger partial charge in [-0.3, -0.25) is 0 Å². The molecule has 3 aromatic rings. The highest BCUT2D eigenvalue weighted by molar-refractivity contribution is 6.00. The van der Waals surface area contributed by atoms with Gasteiger partial charge in [-0.05, 0) is 40.7 Å². The van der Waals surface area contributed by atoms with E-state index >= 15 is 0 Å². The number of rotatable bonds is 6. The largest absolute Gasteiger partial charge is 0.496 e. The highest BCUT2D eigenvalue weighted by Gasteiger charge is 2.23. The molecule has 3 aromatic carbocycles. The van der Waals surface area contributed by atoms with Gasteiger partial charge in [-0.15, -0.1) is 0 Å². The number of carbonyl (C=O) groups excluding carboxylic acids is 1. The van der Waals surface area contributed by atoms with Crippen LogP contribution < -0.4 is 9.47 Å². The summed E-state index contributed by atoms with van der Waals surface area (Å²) in [5, 5.41) is 0. The van der Waals surface area contributed by atoms with Crippen LogP contribution in [0.5, 0.6) is 11.5 Å². The first-order chi connectivity index (χ1) is 13.9. The second kappa shape index (κ2) is 8.95. The lowest BCUT2D eigenvalue weighted by Gasteiger charge is -2.20. The molecule has 0 atom stereocenters. The number of benzene rings is 3. The van der Waals surface area contributed by atoms with E-state index in [-0.39, 0.29) is 17.8 Å². The lowest BCUT2D eigenvalue weighted by molar-refractivity contribution is 0.0731. The molecule has 0 amide bonds. The number of hydrogen-bond donors (Lipinski definition) is 0. The van der Waals surface area contributed by atoms with Crippen molar-refractivity contribution in [2.24, 2.45) is 0 Å². The van der Waals surface area contributed by atoms with Gasteiger partial charge in [0.05, 0.1) is 12.7 Å². The highest BCUT2D eigenvalue weighted by Crippen LogP contribution is 2.37. The van der Waals surface area contributed by atoms with Gasteiger partial charge in [0.2, 0.25) is 0 Å². The zero-order chi connectivity index (χ0) is 21.0. The van der Waals surface area contributed by atoms with Crippen LogP contribution in [0.4, 0.5) is 0 Å². The standard InChI is InChI=1S/C26H28O3/c1-17(2)20-13-9-14-21(18(3)4)25(20)29-26(27)22-15-10-16-23(28-5)24(22)19-11-7-6-8-12-19/h6-18H,1-5H3. The van der Waals surface area contributed by atoms with Crippen molar-refractivity contribution in [3.63, 3.8) is 0 Å². The van der Waals surface area contributed by atoms with E-state index in [0.717, 1.165) is 22.3 Å². The summed E-state index contributed by atoms with van der Waals surface area (Å²) in [6.07, 6.45) is 0. The first-order valence-corrected chi connectivity index (χ1v) is 10.0. The molecule has 0 radical (unpaired) electrons. The zero-order valence-corrected chi connectivity index (χ0v) is 17.7. The van der Waals surface area contributed by atoms with Crippen molar-refractivity contribution in [2.45, 2.75) is 39.5 Å². The van der Waals surface area contributed by atoms with Crippen LogP contribution in [-0.4, -0.2) is 13.1 Å². The van der Waals surface area contributed by atoms with Crippen molar-refractivity contribution in [1.82, 2.24) is 0 Å². The van der Waals surface area contributed by atoms with Crippen molar-refractivity contribution < 1.29 is 14.3 Å². The lowest BCUT2D eigenvalue weighted by atomic mass is 9.94. The Balaban J connectivity index is 2.10. The van der Waals surface area contributed by atoms with E-state index in [1.807, 2.05) is 60.7 Å². The summed E-state index contributed by atoms with van der Waals surface area (Å²) in [6, 6.07) is 21.3. The van der Waals surface area contributed by atoms with Crippen molar-refractivity contribution in [1.29, 1.82) is 0 Å². The molecule has 0 saturated heterocycles. The van der Waals surface area contributed by atoms with Gasteiger partial charge in [-0.2, -0.15) is 0 Å². The van der Waals surface area contributed by atoms with Crippen LogP contribution in [-0.2, 0) is 0 Å². The van der Waals surface area contributed by atoms with E-state index in [9.17, 15) is 4.79 Å². The van der Waals surface area contributed by atoms with Crippen LogP contribution in [0.25, 0.3) is 11.1 Å². The maximum absolute atomic E-state index is 13.3. The van der Waals surface area contributed by atoms with Crippen molar-refractivity contribution in [2.75, 3.05) is 7.11 Å². The number of carbonyl (C=O) groups is 1. The third-order valence-electron chi connectivity index (χ3n) is 5.04. The maximum atomic E-state index is 13.3. The molecule has 0 aliphatic heterocycles. The van der Waals surface area contributed by atoms with E-state index in [0.29, 0.717) is 17.1 Å². The van der Waals surface area contributed by atoms with Gasteiger partial charge in [-0.1, -0.05) is 82.3 Å². The average molecular weight is 389 g/mol. The predicted molar refractivity (Wildman–Crippen MR) is 118 cm³/mol. The summed E-state index contributed by atoms with van der Waals surface area (Å²) in [7, 11) is 1.61. The summed E-state index contributed by atoms with van der Waals surface area (Å²) < 4.78 is 11.6. The zero-order valence-electron chi connectivity index (χ0n) is 17.7. The van der Waals surface area contributed by atoms with Gasteiger partial charge in [0.25, 0.3) is 0 Å². The van der Waals surface area contributed by atoms with Crippen LogP contribution in [0.1, 0.15) is 61.0 Å². The fourth-order valence-electron chi connectivity index (χ4n) is 3.52. The fraction of sp³-hybridized carbons (Fsp3) is 0.269. The van der Waals surface area contributed by atoms with Crippen molar-refractivity contribution in [3.8, 4) is 22.6 Å². The molecule has 3 nitrogen and oxygen atoms in total. The van der Waals surface area contributed by atoms with Crippen LogP contribution in [0.2, 0.25) is 0 Å². The minimum atomic E-state index is -0.377. The van der Waals surface area contributed by atoms with E-state index in [4.69, 9.17) is 9.47 Å². The van der Waals surface area contributed by atoms with Gasteiger partial charge in [0.1, 0.15) is 11.5 Å². The Morgan fingerprint density at radius 2 is 1.34 bits per heavy atom. The Hall–Kier alpha value is -3.07. The predicted octanol–water partition coefficient (Wildman–Crippen LogP) is 6.83. The number of ether oxygens (including phenoxy) is 2. The fourth-order valence-corrected chi connectivity index (χ4v) is 3.52. The van der Waals surface area contributed by atoms with Gasteiger partial charge >= 0.3 is 5.97 Å². The van der Waals surface area contributed by atoms with E-state index < -0.39 is 0 Å². The van der Waals surface area contributed by atoms with E-state index in [2.05, 4.69) is 27.7 Å². The molecule has 150 valence electrons. The summed E-state index contributed by atoms with van der Waals surface area (Å²) >= 11 is 0. The summed E-state index contributed by atoms with van der Waals surface area (Å²) in [5.74, 6) is 1.43. The molecule has 0 saturated carbocycles. The maximum Gasteiger partial charge on any atom is 0.344 e. The monoisotopic (exact) mass is 388 g/mol. The second-order valence-corrected chi connectivity index (χ2v) is 7.71. The molecule has 0 unspecified atom stereocenters. The highest BCUT2D eigenvalue weighted by atomic mass is 16.5. The lowest BCUT2D eigenvalue weighted by Crippen LogP contribution is -2.14. The SMILES string of the molecule is COc1cccc(C(=O)Oc2c(C(C)C)cccc2C(C)C)c1-c1ccccc1. The van der Waals surface area contributed by atoms with E-state index in [1.165, 1.54) is 0 Å². The van der Waals surface area contributed by atoms with Crippen molar-refractivity contribution >= 4 is 5.97 Å². The summed E-state index contributed by atoms with van der Waals surface area (Å²) in [4.78, 5) is 13.3. The molecule has 0 aliphatic rings. The second-order valence-electron chi connectivity index (χ2n) is 7.71. The van der Waals surface area contributed by atoms with Gasteiger partial charge < -0.3 is 9.47 Å². The van der Waals surface area contributed by atoms with Crippen LogP contribution in [0.3, 0.4) is 0 Å². The molecule has 3 rings (SSSR count). The first-order valence-electron chi connectivity index (χ1n) is 10.0. The Morgan fingerprint density at radius 1 is 0.759 bits per heavy atom. The molecule has 0 bridgehead atoms. The smallest absolute Gasteiger partial charge is 0.344 e. The minimum absolute atomic E-state index is 0.246. The number of esters is 1. The molecule has 0 fully saturated rings. The molecule has 0 aliphatic carbocycles. The van der Waals surface area contributed by atoms with Crippen LogP contribution in [0.15, 0.2) is 66.7 Å². The molecule has 29 heavy (non-hydrogen) atoms. The van der Waals surface area contributed by atoms with Crippen molar-refractivity contribution in [3.05, 3.63) is 83.4 Å². The summed E-state index contributed by atoms with van der Waals surface area (Å²) in [5.41, 5.74) is 4.22. The molecular weight excluding hydrogens is 360 g/mol. The molecule has 0 N–H and O–H groups in total. The number of methoxy groups -OCH3 is 1. The van der Waals surface area contributed by atoms with Gasteiger partial charge in [0, 0.05) is 5.56 Å². The average Bonchev–Trinajstić information content (AvgIpc) is 2.73. The van der Waals surface area contributed by atoms with E-state index in [1.54, 1.807) is 13.2 Å². The quantitative estimate of drug-likeness (QED) is 0.343. The Kier molecular flexibility index (Phi) is 6.38. The molecular formula is C26H28O3. The Morgan fingerprint density at radius 3 is 1.90 bits per heavy atom. The molecule has 0 heterocycles. The van der Waals surface area contributed by atoms with Gasteiger partial charge in [-0.25, -0.2) is 4.79 Å². The third kappa shape index (κ3) is 4.34. The molecule has 0 spiro atoms. The Labute approximate surface area is 173 Å². The minimum Gasteiger partial charge on any atom is -0.496 e. The first kappa shape index (κ1) is 20.7. The Bertz CT molecular complexity index is 962. The van der Waals surface area contributed by atoms with Crippen LogP contribution in [0, 0.1) is 0 Å². The van der Waals surface area contributed by atoms with Gasteiger partial charge in [0.15, 0.2) is 0 Å². The third-order valence-corrected chi connectivity index (χ3v) is 5.04. The summed E-state index contributed by atoms with van der Waals surface area (Å²) in [6.45, 7) is 8.44. The number of para-hydroxylation sites is 1. The topological polar surface area (TPSA) is 35.5 Å². The molecule has 3 heteroatoms. The number of hydrogen-bond acceptors (Lipinski definition) is 3. The molecule has 0 aromatic heterocycles.